The summed E-state index contributed by atoms with van der Waals surface area (Å²) in [6.45, 7) is 2.08. The summed E-state index contributed by atoms with van der Waals surface area (Å²) in [5.74, 6) is 0. The van der Waals surface area contributed by atoms with Gasteiger partial charge in [0.05, 0.1) is 0 Å². The lowest BCUT2D eigenvalue weighted by atomic mass is 10.2. The van der Waals surface area contributed by atoms with Gasteiger partial charge in [-0.15, -0.1) is 0 Å². The first-order valence-electron chi connectivity index (χ1n) is 3.19. The fourth-order valence-corrected chi connectivity index (χ4v) is 0.534. The van der Waals surface area contributed by atoms with Crippen molar-refractivity contribution in [2.24, 2.45) is 11.5 Å². The van der Waals surface area contributed by atoms with Crippen LogP contribution in [0.4, 0.5) is 4.79 Å². The monoisotopic (exact) mass is 186 g/mol. The standard InChI is InChI=1S/C7H8.CH4N2O.H2S/c1-7-5-3-2-4-6-7;2-1(3)4;/h2-6H,1H3;(H4,2,3,4);1H2. The van der Waals surface area contributed by atoms with Crippen molar-refractivity contribution >= 4 is 19.5 Å². The Balaban J connectivity index is 0. The molecule has 68 valence electrons. The maximum absolute atomic E-state index is 9.00. The lowest BCUT2D eigenvalue weighted by Gasteiger charge is -1.82. The molecule has 1 aromatic rings. The van der Waals surface area contributed by atoms with Gasteiger partial charge in [-0.25, -0.2) is 4.79 Å². The Hall–Kier alpha value is -1.16. The summed E-state index contributed by atoms with van der Waals surface area (Å²) < 4.78 is 0. The average molecular weight is 186 g/mol. The van der Waals surface area contributed by atoms with Crippen molar-refractivity contribution in [3.63, 3.8) is 0 Å². The fraction of sp³-hybridized carbons (Fsp3) is 0.125. The molecule has 2 amide bonds. The van der Waals surface area contributed by atoms with E-state index in [-0.39, 0.29) is 13.5 Å². The van der Waals surface area contributed by atoms with Crippen molar-refractivity contribution < 1.29 is 4.79 Å². The normalized spacial score (nSPS) is 7.08. The Bertz CT molecular complexity index is 210. The first kappa shape index (κ1) is 13.4. The molecular weight excluding hydrogens is 172 g/mol. The molecule has 1 rings (SSSR count). The number of benzene rings is 1. The van der Waals surface area contributed by atoms with Crippen LogP contribution in [0.2, 0.25) is 0 Å². The summed E-state index contributed by atoms with van der Waals surface area (Å²) in [5.41, 5.74) is 9.82. The molecule has 0 aliphatic rings. The molecule has 4 heteroatoms. The van der Waals surface area contributed by atoms with Crippen LogP contribution in [0.15, 0.2) is 30.3 Å². The van der Waals surface area contributed by atoms with Crippen LogP contribution in [0.3, 0.4) is 0 Å². The van der Waals surface area contributed by atoms with Crippen LogP contribution in [0.25, 0.3) is 0 Å². The Morgan fingerprint density at radius 2 is 1.50 bits per heavy atom. The molecule has 0 bridgehead atoms. The molecule has 0 aromatic heterocycles. The van der Waals surface area contributed by atoms with Crippen LogP contribution in [-0.4, -0.2) is 6.03 Å². The summed E-state index contributed by atoms with van der Waals surface area (Å²) in [5, 5.41) is 0. The molecule has 0 radical (unpaired) electrons. The second-order valence-electron chi connectivity index (χ2n) is 2.06. The quantitative estimate of drug-likeness (QED) is 0.626. The van der Waals surface area contributed by atoms with Gasteiger partial charge < -0.3 is 11.5 Å². The van der Waals surface area contributed by atoms with E-state index in [1.54, 1.807) is 0 Å². The minimum atomic E-state index is -0.833. The number of nitrogens with two attached hydrogens (primary N) is 2. The minimum absolute atomic E-state index is 0. The molecule has 3 nitrogen and oxygen atoms in total. The smallest absolute Gasteiger partial charge is 0.309 e. The molecule has 0 saturated heterocycles. The molecule has 0 saturated carbocycles. The van der Waals surface area contributed by atoms with Crippen LogP contribution < -0.4 is 11.5 Å². The van der Waals surface area contributed by atoms with Gasteiger partial charge in [-0.2, -0.15) is 13.5 Å². The summed E-state index contributed by atoms with van der Waals surface area (Å²) in [7, 11) is 0. The van der Waals surface area contributed by atoms with Gasteiger partial charge in [-0.05, 0) is 6.92 Å². The molecule has 0 aliphatic heterocycles. The van der Waals surface area contributed by atoms with E-state index in [4.69, 9.17) is 4.79 Å². The number of amides is 2. The van der Waals surface area contributed by atoms with Gasteiger partial charge in [0, 0.05) is 0 Å². The van der Waals surface area contributed by atoms with E-state index in [0.29, 0.717) is 0 Å². The number of rotatable bonds is 0. The number of hydrogen-bond acceptors (Lipinski definition) is 1. The predicted octanol–water partition coefficient (Wildman–Crippen LogP) is 1.13. The van der Waals surface area contributed by atoms with Crippen LogP contribution >= 0.6 is 13.5 Å². The Morgan fingerprint density at radius 1 is 1.17 bits per heavy atom. The van der Waals surface area contributed by atoms with E-state index >= 15 is 0 Å². The molecule has 0 fully saturated rings. The van der Waals surface area contributed by atoms with E-state index in [2.05, 4.69) is 30.5 Å². The number of carbonyl (C=O) groups is 1. The summed E-state index contributed by atoms with van der Waals surface area (Å²) in [6.07, 6.45) is 0. The highest BCUT2D eigenvalue weighted by Crippen LogP contribution is 1.92. The molecular formula is C8H14N2OS. The third-order valence-electron chi connectivity index (χ3n) is 0.940. The fourth-order valence-electron chi connectivity index (χ4n) is 0.534. The van der Waals surface area contributed by atoms with Crippen molar-refractivity contribution in [3.8, 4) is 0 Å². The number of carbonyl (C=O) groups excluding carboxylic acids is 1. The van der Waals surface area contributed by atoms with Crippen LogP contribution in [0, 0.1) is 6.92 Å². The molecule has 0 heterocycles. The second-order valence-corrected chi connectivity index (χ2v) is 2.06. The number of primary amides is 2. The molecule has 1 aromatic carbocycles. The SMILES string of the molecule is Cc1ccccc1.NC(N)=O.S. The van der Waals surface area contributed by atoms with Crippen LogP contribution in [0.5, 0.6) is 0 Å². The van der Waals surface area contributed by atoms with Crippen molar-refractivity contribution in [3.05, 3.63) is 35.9 Å². The largest absolute Gasteiger partial charge is 0.352 e. The maximum atomic E-state index is 9.00. The van der Waals surface area contributed by atoms with Crippen molar-refractivity contribution in [1.29, 1.82) is 0 Å². The van der Waals surface area contributed by atoms with Gasteiger partial charge in [0.15, 0.2) is 0 Å². The van der Waals surface area contributed by atoms with E-state index in [1.165, 1.54) is 5.56 Å². The summed E-state index contributed by atoms with van der Waals surface area (Å²) in [6, 6.07) is 9.43. The van der Waals surface area contributed by atoms with Crippen molar-refractivity contribution in [1.82, 2.24) is 0 Å². The zero-order chi connectivity index (χ0) is 8.69. The van der Waals surface area contributed by atoms with Crippen molar-refractivity contribution in [2.75, 3.05) is 0 Å². The van der Waals surface area contributed by atoms with E-state index in [9.17, 15) is 0 Å². The minimum Gasteiger partial charge on any atom is -0.352 e. The first-order valence-corrected chi connectivity index (χ1v) is 3.19. The number of urea groups is 1. The van der Waals surface area contributed by atoms with Crippen molar-refractivity contribution in [2.45, 2.75) is 6.92 Å². The molecule has 12 heavy (non-hydrogen) atoms. The average Bonchev–Trinajstić information content (AvgIpc) is 1.87. The van der Waals surface area contributed by atoms with Gasteiger partial charge >= 0.3 is 6.03 Å². The summed E-state index contributed by atoms with van der Waals surface area (Å²) in [4.78, 5) is 9.00. The van der Waals surface area contributed by atoms with Crippen LogP contribution in [0.1, 0.15) is 5.56 Å². The third-order valence-corrected chi connectivity index (χ3v) is 0.940. The zero-order valence-electron chi connectivity index (χ0n) is 6.95. The molecule has 4 N–H and O–H groups in total. The lowest BCUT2D eigenvalue weighted by Crippen LogP contribution is -2.18. The van der Waals surface area contributed by atoms with Crippen LogP contribution in [-0.2, 0) is 0 Å². The summed E-state index contributed by atoms with van der Waals surface area (Å²) >= 11 is 0. The van der Waals surface area contributed by atoms with Gasteiger partial charge in [0.2, 0.25) is 0 Å². The van der Waals surface area contributed by atoms with E-state index in [0.717, 1.165) is 0 Å². The Morgan fingerprint density at radius 3 is 1.67 bits per heavy atom. The maximum Gasteiger partial charge on any atom is 0.309 e. The Kier molecular flexibility index (Phi) is 8.89. The van der Waals surface area contributed by atoms with E-state index in [1.807, 2.05) is 18.2 Å². The third kappa shape index (κ3) is 11.6. The topological polar surface area (TPSA) is 69.1 Å². The predicted molar refractivity (Wildman–Crippen MR) is 55.3 cm³/mol. The Labute approximate surface area is 79.2 Å². The van der Waals surface area contributed by atoms with Gasteiger partial charge in [-0.3, -0.25) is 0 Å². The van der Waals surface area contributed by atoms with Gasteiger partial charge in [0.1, 0.15) is 0 Å². The highest BCUT2D eigenvalue weighted by Gasteiger charge is 1.72. The number of hydrogen-bond donors (Lipinski definition) is 2. The zero-order valence-corrected chi connectivity index (χ0v) is 7.95. The van der Waals surface area contributed by atoms with Gasteiger partial charge in [-0.1, -0.05) is 35.9 Å². The highest BCUT2D eigenvalue weighted by molar-refractivity contribution is 7.59. The molecule has 0 aliphatic carbocycles. The molecule has 0 unspecified atom stereocenters. The van der Waals surface area contributed by atoms with Gasteiger partial charge in [0.25, 0.3) is 0 Å². The second kappa shape index (κ2) is 7.94. The van der Waals surface area contributed by atoms with E-state index < -0.39 is 6.03 Å². The molecule has 0 atom stereocenters. The first-order chi connectivity index (χ1) is 5.13. The highest BCUT2D eigenvalue weighted by atomic mass is 32.1. The lowest BCUT2D eigenvalue weighted by molar-refractivity contribution is 0.256. The molecule has 0 spiro atoms. The number of aryl methyl sites for hydroxylation is 1.